The predicted molar refractivity (Wildman–Crippen MR) is 134 cm³/mol. The van der Waals surface area contributed by atoms with Crippen LogP contribution in [0.1, 0.15) is 24.0 Å². The van der Waals surface area contributed by atoms with Gasteiger partial charge in [0.2, 0.25) is 5.95 Å². The largest absolute Gasteiger partial charge is 0.341 e. The third kappa shape index (κ3) is 3.76. The van der Waals surface area contributed by atoms with Crippen molar-refractivity contribution in [3.8, 4) is 0 Å². The molecule has 32 heavy (non-hydrogen) atoms. The molecule has 0 spiro atoms. The van der Waals surface area contributed by atoms with Gasteiger partial charge in [-0.15, -0.1) is 12.4 Å². The minimum absolute atomic E-state index is 0. The summed E-state index contributed by atoms with van der Waals surface area (Å²) in [7, 11) is 1.82. The van der Waals surface area contributed by atoms with E-state index in [1.807, 2.05) is 48.0 Å². The average molecular weight is 472 g/mol. The van der Waals surface area contributed by atoms with Crippen LogP contribution in [0.3, 0.4) is 0 Å². The van der Waals surface area contributed by atoms with E-state index >= 15 is 0 Å². The number of halogens is 2. The zero-order chi connectivity index (χ0) is 21.7. The second kappa shape index (κ2) is 8.77. The highest BCUT2D eigenvalue weighted by Crippen LogP contribution is 2.30. The molecule has 4 aromatic rings. The second-order valence-corrected chi connectivity index (χ2v) is 8.93. The molecule has 5 rings (SSSR count). The van der Waals surface area contributed by atoms with Crippen molar-refractivity contribution >= 4 is 51.9 Å². The lowest BCUT2D eigenvalue weighted by atomic mass is 10.1. The molecule has 1 aliphatic heterocycles. The molecule has 2 N–H and O–H groups in total. The first-order valence-electron chi connectivity index (χ1n) is 10.7. The number of pyridine rings is 1. The molecule has 6 nitrogen and oxygen atoms in total. The van der Waals surface area contributed by atoms with Crippen LogP contribution in [0, 0.1) is 6.92 Å². The highest BCUT2D eigenvalue weighted by Gasteiger charge is 2.26. The second-order valence-electron chi connectivity index (χ2n) is 8.52. The Hall–Kier alpha value is -2.54. The van der Waals surface area contributed by atoms with Crippen LogP contribution < -0.4 is 16.2 Å². The third-order valence-electron chi connectivity index (χ3n) is 6.25. The molecule has 168 valence electrons. The molecule has 1 fully saturated rings. The molecule has 0 radical (unpaired) electrons. The van der Waals surface area contributed by atoms with Crippen molar-refractivity contribution < 1.29 is 0 Å². The Morgan fingerprint density at radius 1 is 1.22 bits per heavy atom. The van der Waals surface area contributed by atoms with Gasteiger partial charge < -0.3 is 19.8 Å². The Bertz CT molecular complexity index is 1360. The highest BCUT2D eigenvalue weighted by atomic mass is 35.5. The van der Waals surface area contributed by atoms with Gasteiger partial charge in [0.1, 0.15) is 11.0 Å². The van der Waals surface area contributed by atoms with Gasteiger partial charge in [-0.05, 0) is 43.5 Å². The molecule has 0 aliphatic carbocycles. The Morgan fingerprint density at radius 2 is 2.00 bits per heavy atom. The maximum absolute atomic E-state index is 13.5. The number of fused-ring (bicyclic) bond motifs is 3. The number of hydrogen-bond donors (Lipinski definition) is 1. The smallest absolute Gasteiger partial charge is 0.277 e. The summed E-state index contributed by atoms with van der Waals surface area (Å²) in [6.45, 7) is 4.13. The van der Waals surface area contributed by atoms with E-state index < -0.39 is 0 Å². The van der Waals surface area contributed by atoms with Crippen LogP contribution in [0.5, 0.6) is 0 Å². The minimum Gasteiger partial charge on any atom is -0.341 e. The fourth-order valence-corrected chi connectivity index (χ4v) is 4.82. The number of benzene rings is 2. The predicted octanol–water partition coefficient (Wildman–Crippen LogP) is 4.25. The maximum Gasteiger partial charge on any atom is 0.277 e. The van der Waals surface area contributed by atoms with Gasteiger partial charge in [-0.1, -0.05) is 41.4 Å². The number of aromatic nitrogens is 3. The van der Waals surface area contributed by atoms with Gasteiger partial charge in [-0.3, -0.25) is 4.79 Å². The van der Waals surface area contributed by atoms with Crippen molar-refractivity contribution in [2.24, 2.45) is 12.8 Å². The van der Waals surface area contributed by atoms with Gasteiger partial charge >= 0.3 is 0 Å². The summed E-state index contributed by atoms with van der Waals surface area (Å²) in [5, 5.41) is 1.66. The molecule has 0 bridgehead atoms. The number of nitrogens with two attached hydrogens (primary N) is 1. The van der Waals surface area contributed by atoms with Crippen molar-refractivity contribution in [1.82, 2.24) is 14.1 Å². The minimum atomic E-state index is -0.0570. The molecule has 1 atom stereocenters. The van der Waals surface area contributed by atoms with Crippen molar-refractivity contribution in [1.29, 1.82) is 0 Å². The van der Waals surface area contributed by atoms with Crippen LogP contribution in [0.15, 0.2) is 47.3 Å². The maximum atomic E-state index is 13.5. The van der Waals surface area contributed by atoms with E-state index in [1.54, 1.807) is 4.57 Å². The molecule has 2 aromatic carbocycles. The summed E-state index contributed by atoms with van der Waals surface area (Å²) in [4.78, 5) is 20.8. The fourth-order valence-electron chi connectivity index (χ4n) is 4.63. The average Bonchev–Trinajstić information content (AvgIpc) is 3.13. The molecular formula is C24H27Cl2N5O. The van der Waals surface area contributed by atoms with E-state index in [0.717, 1.165) is 59.4 Å². The van der Waals surface area contributed by atoms with Crippen molar-refractivity contribution in [2.45, 2.75) is 32.4 Å². The lowest BCUT2D eigenvalue weighted by Gasteiger charge is -2.32. The van der Waals surface area contributed by atoms with E-state index in [1.165, 1.54) is 0 Å². The lowest BCUT2D eigenvalue weighted by molar-refractivity contribution is 0.495. The summed E-state index contributed by atoms with van der Waals surface area (Å²) in [6.07, 6.45) is 2.01. The molecule has 1 saturated heterocycles. The summed E-state index contributed by atoms with van der Waals surface area (Å²) in [5.74, 6) is 0.788. The third-order valence-corrected chi connectivity index (χ3v) is 6.62. The molecular weight excluding hydrogens is 445 g/mol. The quantitative estimate of drug-likeness (QED) is 0.484. The van der Waals surface area contributed by atoms with Gasteiger partial charge in [0.25, 0.3) is 5.56 Å². The van der Waals surface area contributed by atoms with Gasteiger partial charge in [0, 0.05) is 36.6 Å². The Balaban J connectivity index is 0.00000245. The zero-order valence-corrected chi connectivity index (χ0v) is 19.8. The van der Waals surface area contributed by atoms with Crippen molar-refractivity contribution in [3.63, 3.8) is 0 Å². The van der Waals surface area contributed by atoms with Crippen LogP contribution in [0.25, 0.3) is 21.9 Å². The summed E-state index contributed by atoms with van der Waals surface area (Å²) in [5.41, 5.74) is 10.5. The summed E-state index contributed by atoms with van der Waals surface area (Å²) >= 11 is 6.49. The van der Waals surface area contributed by atoms with Crippen LogP contribution in [-0.4, -0.2) is 33.2 Å². The van der Waals surface area contributed by atoms with Gasteiger partial charge in [0.05, 0.1) is 12.1 Å². The first-order chi connectivity index (χ1) is 14.9. The summed E-state index contributed by atoms with van der Waals surface area (Å²) < 4.78 is 3.74. The van der Waals surface area contributed by atoms with Crippen LogP contribution in [0.4, 0.5) is 5.95 Å². The zero-order valence-electron chi connectivity index (χ0n) is 18.2. The first-order valence-corrected chi connectivity index (χ1v) is 11.1. The van der Waals surface area contributed by atoms with Gasteiger partial charge in [0.15, 0.2) is 0 Å². The number of rotatable bonds is 3. The molecule has 8 heteroatoms. The molecule has 3 heterocycles. The lowest BCUT2D eigenvalue weighted by Crippen LogP contribution is -2.44. The standard InChI is InChI=1S/C24H26ClN5O.ClH/c1-15-9-10-20-18(12-15)21-22(23(31)28(20)2)30(13-16-6-3-4-8-19(16)25)24(27-21)29-11-5-7-17(26)14-29;/h3-4,6,8-10,12,17H,5,7,11,13-14,26H2,1-2H3;1H/t17-;/m1./s1. The van der Waals surface area contributed by atoms with Gasteiger partial charge in [-0.25, -0.2) is 4.98 Å². The number of nitrogens with zero attached hydrogens (tertiary/aromatic N) is 4. The molecule has 2 aromatic heterocycles. The number of anilines is 1. The molecule has 0 unspecified atom stereocenters. The molecule has 0 amide bonds. The topological polar surface area (TPSA) is 69.1 Å². The number of imidazole rings is 1. The number of aryl methyl sites for hydroxylation is 2. The Kier molecular flexibility index (Phi) is 6.21. The van der Waals surface area contributed by atoms with E-state index in [4.69, 9.17) is 22.3 Å². The van der Waals surface area contributed by atoms with Crippen LogP contribution in [-0.2, 0) is 13.6 Å². The normalized spacial score (nSPS) is 16.5. The first kappa shape index (κ1) is 22.6. The van der Waals surface area contributed by atoms with E-state index in [9.17, 15) is 4.79 Å². The molecule has 1 aliphatic rings. The fraction of sp³-hybridized carbons (Fsp3) is 0.333. The number of hydrogen-bond acceptors (Lipinski definition) is 4. The van der Waals surface area contributed by atoms with E-state index in [2.05, 4.69) is 17.9 Å². The van der Waals surface area contributed by atoms with Crippen molar-refractivity contribution in [3.05, 3.63) is 69.0 Å². The Morgan fingerprint density at radius 3 is 2.75 bits per heavy atom. The monoisotopic (exact) mass is 471 g/mol. The van der Waals surface area contributed by atoms with Crippen molar-refractivity contribution in [2.75, 3.05) is 18.0 Å². The molecule has 0 saturated carbocycles. The van der Waals surface area contributed by atoms with E-state index in [0.29, 0.717) is 17.1 Å². The Labute approximate surface area is 198 Å². The van der Waals surface area contributed by atoms with Crippen LogP contribution >= 0.6 is 24.0 Å². The van der Waals surface area contributed by atoms with Gasteiger partial charge in [-0.2, -0.15) is 0 Å². The van der Waals surface area contributed by atoms with Crippen LogP contribution in [0.2, 0.25) is 5.02 Å². The highest BCUT2D eigenvalue weighted by molar-refractivity contribution is 6.31. The summed E-state index contributed by atoms with van der Waals surface area (Å²) in [6, 6.07) is 14.0. The SMILES string of the molecule is Cc1ccc2c(c1)c1nc(N3CCC[C@@H](N)C3)n(Cc3ccccc3Cl)c1c(=O)n2C.Cl. The number of piperidine rings is 1. The van der Waals surface area contributed by atoms with E-state index in [-0.39, 0.29) is 24.0 Å².